The summed E-state index contributed by atoms with van der Waals surface area (Å²) in [4.78, 5) is 15.0. The van der Waals surface area contributed by atoms with Gasteiger partial charge in [0, 0.05) is 22.1 Å². The number of fused-ring (bicyclic) bond motifs is 5. The SMILES string of the molecule is c1ccc(-c2ccc(-c3nc(-c4ccccc4)nc(-c4ccc(-c5cccc(-c6cccc7c6C6(CCCCC6)c6ccccc6-7)c5)cc4)n3)cc2)cc1. The van der Waals surface area contributed by atoms with Crippen molar-refractivity contribution < 1.29 is 0 Å². The Bertz CT molecular complexity index is 2600. The van der Waals surface area contributed by atoms with E-state index >= 15 is 0 Å². The number of rotatable bonds is 6. The molecule has 258 valence electrons. The van der Waals surface area contributed by atoms with Crippen LogP contribution in [0.3, 0.4) is 0 Å². The lowest BCUT2D eigenvalue weighted by Gasteiger charge is -2.37. The molecule has 0 unspecified atom stereocenters. The molecule has 0 atom stereocenters. The number of hydrogen-bond acceptors (Lipinski definition) is 3. The number of hydrogen-bond donors (Lipinski definition) is 0. The summed E-state index contributed by atoms with van der Waals surface area (Å²) in [5, 5.41) is 0. The van der Waals surface area contributed by atoms with Crippen molar-refractivity contribution in [2.75, 3.05) is 0 Å². The zero-order valence-corrected chi connectivity index (χ0v) is 30.1. The van der Waals surface area contributed by atoms with Crippen LogP contribution in [0.4, 0.5) is 0 Å². The molecule has 1 saturated carbocycles. The third-order valence-corrected chi connectivity index (χ3v) is 11.6. The molecule has 2 aliphatic rings. The minimum atomic E-state index is 0.102. The van der Waals surface area contributed by atoms with E-state index in [-0.39, 0.29) is 5.41 Å². The largest absolute Gasteiger partial charge is 0.208 e. The van der Waals surface area contributed by atoms with Crippen molar-refractivity contribution in [3.8, 4) is 78.7 Å². The zero-order valence-electron chi connectivity index (χ0n) is 30.1. The monoisotopic (exact) mass is 693 g/mol. The van der Waals surface area contributed by atoms with Crippen LogP contribution in [0.5, 0.6) is 0 Å². The molecule has 0 N–H and O–H groups in total. The Morgan fingerprint density at radius 2 is 0.741 bits per heavy atom. The molecule has 3 nitrogen and oxygen atoms in total. The maximum Gasteiger partial charge on any atom is 0.164 e. The van der Waals surface area contributed by atoms with Crippen LogP contribution in [-0.4, -0.2) is 15.0 Å². The van der Waals surface area contributed by atoms with Crippen molar-refractivity contribution >= 4 is 0 Å². The zero-order chi connectivity index (χ0) is 35.9. The quantitative estimate of drug-likeness (QED) is 0.174. The molecule has 7 aromatic carbocycles. The first kappa shape index (κ1) is 32.2. The van der Waals surface area contributed by atoms with E-state index in [9.17, 15) is 0 Å². The van der Waals surface area contributed by atoms with Crippen LogP contribution in [0.25, 0.3) is 78.7 Å². The molecule has 0 aliphatic heterocycles. The lowest BCUT2D eigenvalue weighted by molar-refractivity contribution is 0.353. The highest BCUT2D eigenvalue weighted by atomic mass is 15.0. The fourth-order valence-corrected chi connectivity index (χ4v) is 8.95. The van der Waals surface area contributed by atoms with E-state index in [4.69, 9.17) is 15.0 Å². The standard InChI is InChI=1S/C51H39N3/c1-4-14-35(15-5-1)36-24-28-39(29-25-36)49-52-48(38-16-6-2-7-17-38)53-50(54-49)40-30-26-37(27-31-40)41-18-12-19-42(34-41)43-21-13-22-45-44-20-8-9-23-46(44)51(47(43)45)32-10-3-11-33-51/h1-2,4-9,12-31,34H,3,10-11,32-33H2. The van der Waals surface area contributed by atoms with E-state index in [0.717, 1.165) is 27.8 Å². The highest BCUT2D eigenvalue weighted by Gasteiger charge is 2.45. The van der Waals surface area contributed by atoms with E-state index in [1.807, 2.05) is 36.4 Å². The minimum absolute atomic E-state index is 0.102. The van der Waals surface area contributed by atoms with Gasteiger partial charge in [0.25, 0.3) is 0 Å². The van der Waals surface area contributed by atoms with Gasteiger partial charge in [0.2, 0.25) is 0 Å². The lowest BCUT2D eigenvalue weighted by atomic mass is 9.66. The third kappa shape index (κ3) is 5.64. The van der Waals surface area contributed by atoms with Crippen LogP contribution in [0.1, 0.15) is 43.2 Å². The molecule has 0 saturated heterocycles. The minimum Gasteiger partial charge on any atom is -0.208 e. The van der Waals surface area contributed by atoms with Crippen LogP contribution < -0.4 is 0 Å². The summed E-state index contributed by atoms with van der Waals surface area (Å²) < 4.78 is 0. The molecule has 0 radical (unpaired) electrons. The summed E-state index contributed by atoms with van der Waals surface area (Å²) in [6.07, 6.45) is 6.33. The van der Waals surface area contributed by atoms with Crippen molar-refractivity contribution in [1.29, 1.82) is 0 Å². The first-order valence-electron chi connectivity index (χ1n) is 19.2. The third-order valence-electron chi connectivity index (χ3n) is 11.6. The summed E-state index contributed by atoms with van der Waals surface area (Å²) in [5.41, 5.74) is 16.2. The van der Waals surface area contributed by atoms with Gasteiger partial charge in [-0.3, -0.25) is 0 Å². The highest BCUT2D eigenvalue weighted by Crippen LogP contribution is 2.58. The smallest absolute Gasteiger partial charge is 0.164 e. The molecule has 1 aromatic heterocycles. The lowest BCUT2D eigenvalue weighted by Crippen LogP contribution is -2.28. The molecule has 3 heteroatoms. The first-order valence-corrected chi connectivity index (χ1v) is 19.2. The number of nitrogens with zero attached hydrogens (tertiary/aromatic N) is 3. The molecule has 0 amide bonds. The van der Waals surface area contributed by atoms with E-state index in [0.29, 0.717) is 17.5 Å². The van der Waals surface area contributed by atoms with Crippen molar-refractivity contribution in [1.82, 2.24) is 15.0 Å². The van der Waals surface area contributed by atoms with E-state index in [1.54, 1.807) is 0 Å². The Balaban J connectivity index is 1.00. The molecular weight excluding hydrogens is 655 g/mol. The van der Waals surface area contributed by atoms with E-state index in [2.05, 4.69) is 140 Å². The molecule has 1 heterocycles. The van der Waals surface area contributed by atoms with Gasteiger partial charge in [-0.2, -0.15) is 0 Å². The Hall–Kier alpha value is -6.45. The van der Waals surface area contributed by atoms with Crippen molar-refractivity contribution in [3.05, 3.63) is 187 Å². The molecule has 10 rings (SSSR count). The normalized spacial score (nSPS) is 14.1. The summed E-state index contributed by atoms with van der Waals surface area (Å²) in [6, 6.07) is 62.9. The van der Waals surface area contributed by atoms with Gasteiger partial charge in [0.15, 0.2) is 17.5 Å². The van der Waals surface area contributed by atoms with Gasteiger partial charge in [-0.05, 0) is 74.5 Å². The maximum atomic E-state index is 5.03. The van der Waals surface area contributed by atoms with Crippen molar-refractivity contribution in [3.63, 3.8) is 0 Å². The van der Waals surface area contributed by atoms with Crippen LogP contribution in [-0.2, 0) is 5.41 Å². The van der Waals surface area contributed by atoms with Gasteiger partial charge >= 0.3 is 0 Å². The first-order chi connectivity index (χ1) is 26.7. The highest BCUT2D eigenvalue weighted by molar-refractivity contribution is 5.89. The molecule has 1 fully saturated rings. The van der Waals surface area contributed by atoms with Crippen LogP contribution in [0.15, 0.2) is 176 Å². The second kappa shape index (κ2) is 13.5. The second-order valence-corrected chi connectivity index (χ2v) is 14.7. The Morgan fingerprint density at radius 1 is 0.315 bits per heavy atom. The van der Waals surface area contributed by atoms with E-state index in [1.165, 1.54) is 76.6 Å². The predicted molar refractivity (Wildman–Crippen MR) is 222 cm³/mol. The average Bonchev–Trinajstić information content (AvgIpc) is 3.53. The Kier molecular flexibility index (Phi) is 8.06. The van der Waals surface area contributed by atoms with Gasteiger partial charge in [0.1, 0.15) is 0 Å². The van der Waals surface area contributed by atoms with Gasteiger partial charge in [0.05, 0.1) is 0 Å². The molecule has 54 heavy (non-hydrogen) atoms. The van der Waals surface area contributed by atoms with Crippen LogP contribution in [0, 0.1) is 0 Å². The van der Waals surface area contributed by atoms with Gasteiger partial charge in [-0.15, -0.1) is 0 Å². The van der Waals surface area contributed by atoms with Gasteiger partial charge in [-0.1, -0.05) is 189 Å². The fraction of sp³-hybridized carbons (Fsp3) is 0.118. The number of benzene rings is 7. The topological polar surface area (TPSA) is 38.7 Å². The number of aromatic nitrogens is 3. The second-order valence-electron chi connectivity index (χ2n) is 14.7. The maximum absolute atomic E-state index is 5.03. The molecule has 0 bridgehead atoms. The van der Waals surface area contributed by atoms with Crippen LogP contribution in [0.2, 0.25) is 0 Å². The van der Waals surface area contributed by atoms with Crippen molar-refractivity contribution in [2.24, 2.45) is 0 Å². The molecule has 8 aromatic rings. The summed E-state index contributed by atoms with van der Waals surface area (Å²) in [5.74, 6) is 1.97. The predicted octanol–water partition coefficient (Wildman–Crippen LogP) is 13.1. The van der Waals surface area contributed by atoms with Crippen molar-refractivity contribution in [2.45, 2.75) is 37.5 Å². The van der Waals surface area contributed by atoms with Crippen LogP contribution >= 0.6 is 0 Å². The molecule has 1 spiro atoms. The Morgan fingerprint density at radius 3 is 1.39 bits per heavy atom. The summed E-state index contributed by atoms with van der Waals surface area (Å²) >= 11 is 0. The van der Waals surface area contributed by atoms with Gasteiger partial charge in [-0.25, -0.2) is 15.0 Å². The summed E-state index contributed by atoms with van der Waals surface area (Å²) in [7, 11) is 0. The summed E-state index contributed by atoms with van der Waals surface area (Å²) in [6.45, 7) is 0. The van der Waals surface area contributed by atoms with E-state index < -0.39 is 0 Å². The van der Waals surface area contributed by atoms with Gasteiger partial charge < -0.3 is 0 Å². The molecule has 2 aliphatic carbocycles. The Labute approximate surface area is 317 Å². The molecular formula is C51H39N3. The average molecular weight is 694 g/mol. The fourth-order valence-electron chi connectivity index (χ4n) is 8.95.